The number of methoxy groups -OCH3 is 1. The van der Waals surface area contributed by atoms with Crippen LogP contribution in [0.4, 0.5) is 11.4 Å². The molecule has 180 valence electrons. The fourth-order valence-corrected chi connectivity index (χ4v) is 4.26. The van der Waals surface area contributed by atoms with Crippen molar-refractivity contribution in [3.05, 3.63) is 80.2 Å². The Morgan fingerprint density at radius 3 is 2.35 bits per heavy atom. The monoisotopic (exact) mass is 564 g/mol. The van der Waals surface area contributed by atoms with Crippen molar-refractivity contribution in [3.8, 4) is 11.5 Å². The number of anilines is 2. The Morgan fingerprint density at radius 1 is 1.00 bits per heavy atom. The first-order valence-electron chi connectivity index (χ1n) is 10.8. The first-order chi connectivity index (χ1) is 16.3. The highest BCUT2D eigenvalue weighted by molar-refractivity contribution is 9.10. The number of carbonyl (C=O) groups is 1. The van der Waals surface area contributed by atoms with Gasteiger partial charge < -0.3 is 20.1 Å². The molecule has 3 rings (SSSR count). The molecule has 34 heavy (non-hydrogen) atoms. The van der Waals surface area contributed by atoms with Gasteiger partial charge in [-0.3, -0.25) is 4.79 Å². The van der Waals surface area contributed by atoms with Crippen molar-refractivity contribution in [2.45, 2.75) is 33.4 Å². The first-order valence-corrected chi connectivity index (χ1v) is 12.4. The predicted octanol–water partition coefficient (Wildman–Crippen LogP) is 7.94. The molecule has 2 N–H and O–H groups in total. The molecule has 1 amide bonds. The number of ether oxygens (including phenoxy) is 2. The van der Waals surface area contributed by atoms with Crippen molar-refractivity contribution < 1.29 is 14.3 Å². The third-order valence-electron chi connectivity index (χ3n) is 4.99. The molecule has 0 saturated heterocycles. The van der Waals surface area contributed by atoms with Gasteiger partial charge in [-0.2, -0.15) is 0 Å². The van der Waals surface area contributed by atoms with Gasteiger partial charge in [0.05, 0.1) is 7.11 Å². The van der Waals surface area contributed by atoms with Crippen LogP contribution in [0.25, 0.3) is 0 Å². The van der Waals surface area contributed by atoms with Crippen LogP contribution in [-0.2, 0) is 17.9 Å². The minimum absolute atomic E-state index is 0.00768. The maximum absolute atomic E-state index is 12.1. The first kappa shape index (κ1) is 26.2. The number of amides is 1. The van der Waals surface area contributed by atoms with Gasteiger partial charge in [-0.05, 0) is 53.9 Å². The summed E-state index contributed by atoms with van der Waals surface area (Å²) in [4.78, 5) is 12.1. The van der Waals surface area contributed by atoms with Crippen LogP contribution in [0.5, 0.6) is 11.5 Å². The van der Waals surface area contributed by atoms with Gasteiger partial charge >= 0.3 is 0 Å². The quantitative estimate of drug-likeness (QED) is 0.262. The number of rotatable bonds is 10. The molecule has 0 aliphatic carbocycles. The lowest BCUT2D eigenvalue weighted by atomic mass is 10.1. The molecule has 0 atom stereocenters. The van der Waals surface area contributed by atoms with E-state index < -0.39 is 0 Å². The maximum Gasteiger partial charge on any atom is 0.224 e. The Bertz CT molecular complexity index is 1130. The van der Waals surface area contributed by atoms with E-state index in [9.17, 15) is 4.79 Å². The van der Waals surface area contributed by atoms with E-state index >= 15 is 0 Å². The third kappa shape index (κ3) is 7.29. The van der Waals surface area contributed by atoms with Crippen LogP contribution >= 0.6 is 39.1 Å². The van der Waals surface area contributed by atoms with Gasteiger partial charge in [0.15, 0.2) is 11.5 Å². The summed E-state index contributed by atoms with van der Waals surface area (Å²) >= 11 is 16.1. The molecule has 0 radical (unpaired) electrons. The van der Waals surface area contributed by atoms with Crippen molar-refractivity contribution in [2.75, 3.05) is 17.7 Å². The second-order valence-electron chi connectivity index (χ2n) is 8.16. The number of hydrogen-bond donors (Lipinski definition) is 2. The molecular formula is C26H27BrCl2N2O3. The molecular weight excluding hydrogens is 539 g/mol. The van der Waals surface area contributed by atoms with Crippen LogP contribution in [0.1, 0.15) is 31.4 Å². The standard InChI is InChI=1S/C26H27BrCl2N2O3/c1-16(2)10-26(32)31-19-7-4-6-18(12-19)30-14-17-11-24(33-3)25(13-21(17)27)34-15-20-22(28)8-5-9-23(20)29/h4-9,11-13,16,30H,10,14-15H2,1-3H3,(H,31,32). The van der Waals surface area contributed by atoms with Crippen molar-refractivity contribution in [1.29, 1.82) is 0 Å². The van der Waals surface area contributed by atoms with Crippen LogP contribution in [-0.4, -0.2) is 13.0 Å². The molecule has 5 nitrogen and oxygen atoms in total. The normalized spacial score (nSPS) is 10.8. The van der Waals surface area contributed by atoms with Crippen LogP contribution in [0.15, 0.2) is 59.1 Å². The lowest BCUT2D eigenvalue weighted by molar-refractivity contribution is -0.116. The molecule has 0 aliphatic heterocycles. The van der Waals surface area contributed by atoms with Gasteiger partial charge in [0, 0.05) is 44.4 Å². The van der Waals surface area contributed by atoms with E-state index in [4.69, 9.17) is 32.7 Å². The SMILES string of the molecule is COc1cc(CNc2cccc(NC(=O)CC(C)C)c2)c(Br)cc1OCc1c(Cl)cccc1Cl. The summed E-state index contributed by atoms with van der Waals surface area (Å²) in [5.74, 6) is 1.48. The second kappa shape index (κ2) is 12.3. The Hall–Kier alpha value is -2.41. The molecule has 0 aromatic heterocycles. The smallest absolute Gasteiger partial charge is 0.224 e. The number of benzene rings is 3. The molecule has 0 aliphatic rings. The fraction of sp³-hybridized carbons (Fsp3) is 0.269. The highest BCUT2D eigenvalue weighted by Gasteiger charge is 2.13. The highest BCUT2D eigenvalue weighted by Crippen LogP contribution is 2.35. The molecule has 0 bridgehead atoms. The fourth-order valence-electron chi connectivity index (χ4n) is 3.29. The van der Waals surface area contributed by atoms with Crippen LogP contribution in [0.3, 0.4) is 0 Å². The van der Waals surface area contributed by atoms with Crippen molar-refractivity contribution in [1.82, 2.24) is 0 Å². The Labute approximate surface area is 218 Å². The van der Waals surface area contributed by atoms with E-state index in [1.54, 1.807) is 25.3 Å². The Morgan fingerprint density at radius 2 is 1.68 bits per heavy atom. The number of nitrogens with one attached hydrogen (secondary N) is 2. The van der Waals surface area contributed by atoms with Gasteiger partial charge in [-0.25, -0.2) is 0 Å². The zero-order valence-corrected chi connectivity index (χ0v) is 22.4. The summed E-state index contributed by atoms with van der Waals surface area (Å²) in [6.07, 6.45) is 0.488. The predicted molar refractivity (Wildman–Crippen MR) is 143 cm³/mol. The van der Waals surface area contributed by atoms with Crippen molar-refractivity contribution >= 4 is 56.4 Å². The number of hydrogen-bond acceptors (Lipinski definition) is 4. The Balaban J connectivity index is 1.68. The molecule has 0 unspecified atom stereocenters. The summed E-state index contributed by atoms with van der Waals surface area (Å²) in [5.41, 5.74) is 3.35. The summed E-state index contributed by atoms with van der Waals surface area (Å²) < 4.78 is 12.4. The van der Waals surface area contributed by atoms with Gasteiger partial charge in [0.2, 0.25) is 5.91 Å². The summed E-state index contributed by atoms with van der Waals surface area (Å²) in [5, 5.41) is 7.43. The zero-order valence-electron chi connectivity index (χ0n) is 19.3. The van der Waals surface area contributed by atoms with Gasteiger partial charge in [0.25, 0.3) is 0 Å². The number of halogens is 3. The molecule has 0 heterocycles. The number of carbonyl (C=O) groups excluding carboxylic acids is 1. The van der Waals surface area contributed by atoms with Gasteiger partial charge in [-0.15, -0.1) is 0 Å². The molecule has 0 spiro atoms. The van der Waals surface area contributed by atoms with Gasteiger partial charge in [0.1, 0.15) is 6.61 Å². The van der Waals surface area contributed by atoms with Crippen molar-refractivity contribution in [3.63, 3.8) is 0 Å². The lowest BCUT2D eigenvalue weighted by Gasteiger charge is -2.16. The molecule has 0 saturated carbocycles. The third-order valence-corrected chi connectivity index (χ3v) is 6.44. The van der Waals surface area contributed by atoms with Crippen LogP contribution in [0.2, 0.25) is 10.0 Å². The molecule has 8 heteroatoms. The van der Waals surface area contributed by atoms with E-state index in [2.05, 4.69) is 26.6 Å². The summed E-state index contributed by atoms with van der Waals surface area (Å²) in [6, 6.07) is 16.8. The zero-order chi connectivity index (χ0) is 24.7. The largest absolute Gasteiger partial charge is 0.493 e. The van der Waals surface area contributed by atoms with Gasteiger partial charge in [-0.1, -0.05) is 65.1 Å². The molecule has 3 aromatic carbocycles. The lowest BCUT2D eigenvalue weighted by Crippen LogP contribution is -2.13. The summed E-state index contributed by atoms with van der Waals surface area (Å²) in [6.45, 7) is 4.79. The average molecular weight is 566 g/mol. The van der Waals surface area contributed by atoms with E-state index in [0.29, 0.717) is 40.4 Å². The van der Waals surface area contributed by atoms with Crippen LogP contribution < -0.4 is 20.1 Å². The average Bonchev–Trinajstić information content (AvgIpc) is 2.77. The van der Waals surface area contributed by atoms with Crippen molar-refractivity contribution in [2.24, 2.45) is 5.92 Å². The second-order valence-corrected chi connectivity index (χ2v) is 9.83. The van der Waals surface area contributed by atoms with Crippen LogP contribution in [0, 0.1) is 5.92 Å². The minimum Gasteiger partial charge on any atom is -0.493 e. The topological polar surface area (TPSA) is 59.6 Å². The molecule has 0 fully saturated rings. The highest BCUT2D eigenvalue weighted by atomic mass is 79.9. The molecule has 3 aromatic rings. The Kier molecular flexibility index (Phi) is 9.51. The van der Waals surface area contributed by atoms with E-state index in [1.165, 1.54) is 0 Å². The van der Waals surface area contributed by atoms with E-state index in [1.807, 2.05) is 50.2 Å². The van der Waals surface area contributed by atoms with E-state index in [-0.39, 0.29) is 12.5 Å². The maximum atomic E-state index is 12.1. The minimum atomic E-state index is 0.00768. The van der Waals surface area contributed by atoms with E-state index in [0.717, 1.165) is 27.0 Å². The summed E-state index contributed by atoms with van der Waals surface area (Å²) in [7, 11) is 1.60.